The molecule has 1 unspecified atom stereocenters. The summed E-state index contributed by atoms with van der Waals surface area (Å²) in [5.74, 6) is -0.587. The van der Waals surface area contributed by atoms with Crippen molar-refractivity contribution >= 4 is 23.5 Å². The van der Waals surface area contributed by atoms with Gasteiger partial charge in [0, 0.05) is 29.1 Å². The Balaban J connectivity index is 1.44. The van der Waals surface area contributed by atoms with Crippen LogP contribution in [-0.2, 0) is 11.2 Å². The highest BCUT2D eigenvalue weighted by Gasteiger charge is 2.36. The van der Waals surface area contributed by atoms with E-state index in [1.54, 1.807) is 24.3 Å². The summed E-state index contributed by atoms with van der Waals surface area (Å²) >= 11 is 6.53. The molecule has 0 radical (unpaired) electrons. The number of nitrogens with zero attached hydrogens (tertiary/aromatic N) is 1. The van der Waals surface area contributed by atoms with Gasteiger partial charge < -0.3 is 10.0 Å². The number of carbonyl (C=O) groups is 2. The van der Waals surface area contributed by atoms with Crippen molar-refractivity contribution in [2.75, 3.05) is 6.54 Å². The zero-order valence-electron chi connectivity index (χ0n) is 16.4. The Kier molecular flexibility index (Phi) is 5.91. The normalized spacial score (nSPS) is 20.2. The van der Waals surface area contributed by atoms with Gasteiger partial charge in [-0.05, 0) is 55.0 Å². The number of likely N-dealkylation sites (tertiary alicyclic amines) is 1. The summed E-state index contributed by atoms with van der Waals surface area (Å²) in [5, 5.41) is 9.66. The lowest BCUT2D eigenvalue weighted by molar-refractivity contribution is -0.133. The maximum absolute atomic E-state index is 12.9. The van der Waals surface area contributed by atoms with Crippen molar-refractivity contribution in [1.82, 2.24) is 4.90 Å². The Morgan fingerprint density at radius 3 is 2.41 bits per heavy atom. The van der Waals surface area contributed by atoms with E-state index >= 15 is 0 Å². The van der Waals surface area contributed by atoms with E-state index in [0.29, 0.717) is 17.0 Å². The van der Waals surface area contributed by atoms with Crippen LogP contribution in [0.4, 0.5) is 0 Å². The van der Waals surface area contributed by atoms with Gasteiger partial charge in [-0.1, -0.05) is 55.1 Å². The summed E-state index contributed by atoms with van der Waals surface area (Å²) in [6, 6.07) is 13.1. The van der Waals surface area contributed by atoms with Crippen molar-refractivity contribution in [3.05, 3.63) is 58.6 Å². The van der Waals surface area contributed by atoms with Gasteiger partial charge in [-0.2, -0.15) is 0 Å². The predicted molar refractivity (Wildman–Crippen MR) is 114 cm³/mol. The molecule has 1 aliphatic carbocycles. The van der Waals surface area contributed by atoms with Crippen molar-refractivity contribution in [3.63, 3.8) is 0 Å². The maximum Gasteiger partial charge on any atom is 0.335 e. The number of aromatic carboxylic acids is 1. The lowest BCUT2D eigenvalue weighted by atomic mass is 9.93. The molecule has 1 aliphatic heterocycles. The van der Waals surface area contributed by atoms with Crippen molar-refractivity contribution in [2.24, 2.45) is 5.92 Å². The van der Waals surface area contributed by atoms with Crippen LogP contribution in [0.25, 0.3) is 11.1 Å². The van der Waals surface area contributed by atoms with E-state index in [4.69, 9.17) is 16.7 Å². The molecule has 2 fully saturated rings. The highest BCUT2D eigenvalue weighted by atomic mass is 35.5. The number of hydrogen-bond acceptors (Lipinski definition) is 2. The SMILES string of the molecule is O=C(O)c1ccc(-c2ccc(CC3CCN(C4CCCCC4)C3=O)cc2Cl)cc1. The summed E-state index contributed by atoms with van der Waals surface area (Å²) in [6.07, 6.45) is 7.73. The summed E-state index contributed by atoms with van der Waals surface area (Å²) in [7, 11) is 0. The Morgan fingerprint density at radius 1 is 1.03 bits per heavy atom. The van der Waals surface area contributed by atoms with Gasteiger partial charge in [0.2, 0.25) is 5.91 Å². The van der Waals surface area contributed by atoms with E-state index in [1.165, 1.54) is 19.3 Å². The molecule has 152 valence electrons. The average Bonchev–Trinajstić information content (AvgIpc) is 3.09. The van der Waals surface area contributed by atoms with Crippen LogP contribution in [0.15, 0.2) is 42.5 Å². The van der Waals surface area contributed by atoms with Gasteiger partial charge in [-0.25, -0.2) is 4.79 Å². The molecular formula is C24H26ClNO3. The molecule has 29 heavy (non-hydrogen) atoms. The van der Waals surface area contributed by atoms with E-state index in [1.807, 2.05) is 18.2 Å². The molecule has 1 saturated heterocycles. The number of hydrogen-bond donors (Lipinski definition) is 1. The third kappa shape index (κ3) is 4.32. The molecule has 1 amide bonds. The summed E-state index contributed by atoms with van der Waals surface area (Å²) in [6.45, 7) is 0.885. The molecule has 4 nitrogen and oxygen atoms in total. The van der Waals surface area contributed by atoms with E-state index in [-0.39, 0.29) is 11.5 Å². The quantitative estimate of drug-likeness (QED) is 0.713. The highest BCUT2D eigenvalue weighted by molar-refractivity contribution is 6.33. The fourth-order valence-electron chi connectivity index (χ4n) is 4.70. The van der Waals surface area contributed by atoms with Crippen LogP contribution in [0.2, 0.25) is 5.02 Å². The average molecular weight is 412 g/mol. The van der Waals surface area contributed by atoms with Crippen LogP contribution < -0.4 is 0 Å². The van der Waals surface area contributed by atoms with Crippen LogP contribution in [-0.4, -0.2) is 34.5 Å². The van der Waals surface area contributed by atoms with Gasteiger partial charge >= 0.3 is 5.97 Å². The number of carboxylic acids is 1. The topological polar surface area (TPSA) is 57.6 Å². The van der Waals surface area contributed by atoms with E-state index in [9.17, 15) is 9.59 Å². The molecule has 1 N–H and O–H groups in total. The first-order chi connectivity index (χ1) is 14.0. The van der Waals surface area contributed by atoms with Crippen molar-refractivity contribution in [2.45, 2.75) is 51.0 Å². The molecule has 0 bridgehead atoms. The molecule has 1 atom stereocenters. The van der Waals surface area contributed by atoms with Crippen LogP contribution in [0.3, 0.4) is 0 Å². The molecule has 2 aliphatic rings. The number of benzene rings is 2. The second kappa shape index (κ2) is 8.58. The number of halogens is 1. The second-order valence-corrected chi connectivity index (χ2v) is 8.62. The van der Waals surface area contributed by atoms with Gasteiger partial charge in [0.05, 0.1) is 5.56 Å². The van der Waals surface area contributed by atoms with E-state index in [0.717, 1.165) is 48.9 Å². The standard InChI is InChI=1S/C24H26ClNO3/c25-22-15-16(6-11-21(22)17-7-9-18(10-8-17)24(28)29)14-19-12-13-26(23(19)27)20-4-2-1-3-5-20/h6-11,15,19-20H,1-5,12-14H2,(H,28,29). The smallest absolute Gasteiger partial charge is 0.335 e. The van der Waals surface area contributed by atoms with Crippen LogP contribution in [0.5, 0.6) is 0 Å². The fraction of sp³-hybridized carbons (Fsp3) is 0.417. The van der Waals surface area contributed by atoms with E-state index < -0.39 is 5.97 Å². The third-order valence-corrected chi connectivity index (χ3v) is 6.64. The summed E-state index contributed by atoms with van der Waals surface area (Å²) in [5.41, 5.74) is 3.08. The van der Waals surface area contributed by atoms with Gasteiger partial charge in [-0.3, -0.25) is 4.79 Å². The minimum Gasteiger partial charge on any atom is -0.478 e. The first-order valence-corrected chi connectivity index (χ1v) is 10.8. The number of carbonyl (C=O) groups excluding carboxylic acids is 1. The summed E-state index contributed by atoms with van der Waals surface area (Å²) < 4.78 is 0. The number of amides is 1. The van der Waals surface area contributed by atoms with Gasteiger partial charge in [-0.15, -0.1) is 0 Å². The second-order valence-electron chi connectivity index (χ2n) is 8.21. The van der Waals surface area contributed by atoms with Crippen molar-refractivity contribution in [3.8, 4) is 11.1 Å². The van der Waals surface area contributed by atoms with Gasteiger partial charge in [0.15, 0.2) is 0 Å². The first-order valence-electron chi connectivity index (χ1n) is 10.5. The largest absolute Gasteiger partial charge is 0.478 e. The number of rotatable bonds is 5. The number of carboxylic acid groups (broad SMARTS) is 1. The minimum atomic E-state index is -0.943. The zero-order valence-corrected chi connectivity index (χ0v) is 17.2. The van der Waals surface area contributed by atoms with Crippen LogP contribution >= 0.6 is 11.6 Å². The maximum atomic E-state index is 12.9. The Labute approximate surface area is 176 Å². The Bertz CT molecular complexity index is 903. The summed E-state index contributed by atoms with van der Waals surface area (Å²) in [4.78, 5) is 26.1. The molecule has 1 saturated carbocycles. The minimum absolute atomic E-state index is 0.0497. The van der Waals surface area contributed by atoms with Crippen LogP contribution in [0.1, 0.15) is 54.4 Å². The molecule has 1 heterocycles. The molecule has 2 aromatic carbocycles. The third-order valence-electron chi connectivity index (χ3n) is 6.32. The molecule has 0 aromatic heterocycles. The Hall–Kier alpha value is -2.33. The Morgan fingerprint density at radius 2 is 1.76 bits per heavy atom. The molecule has 5 heteroatoms. The first kappa shape index (κ1) is 20.0. The highest BCUT2D eigenvalue weighted by Crippen LogP contribution is 2.33. The molecular weight excluding hydrogens is 386 g/mol. The van der Waals surface area contributed by atoms with Crippen molar-refractivity contribution < 1.29 is 14.7 Å². The van der Waals surface area contributed by atoms with Gasteiger partial charge in [0.25, 0.3) is 0 Å². The predicted octanol–water partition coefficient (Wildman–Crippen LogP) is 5.43. The zero-order chi connectivity index (χ0) is 20.4. The van der Waals surface area contributed by atoms with Gasteiger partial charge in [0.1, 0.15) is 0 Å². The fourth-order valence-corrected chi connectivity index (χ4v) is 5.02. The van der Waals surface area contributed by atoms with Crippen molar-refractivity contribution in [1.29, 1.82) is 0 Å². The lowest BCUT2D eigenvalue weighted by Crippen LogP contribution is -2.39. The molecule has 4 rings (SSSR count). The van der Waals surface area contributed by atoms with E-state index in [2.05, 4.69) is 4.90 Å². The lowest BCUT2D eigenvalue weighted by Gasteiger charge is -2.31. The molecule has 0 spiro atoms. The van der Waals surface area contributed by atoms with Crippen LogP contribution in [0, 0.1) is 5.92 Å². The monoisotopic (exact) mass is 411 g/mol. The molecule has 2 aromatic rings.